The minimum Gasteiger partial charge on any atom is -0.363 e. The summed E-state index contributed by atoms with van der Waals surface area (Å²) in [5.74, 6) is 0.753. The van der Waals surface area contributed by atoms with Crippen LogP contribution in [0.2, 0.25) is 0 Å². The van der Waals surface area contributed by atoms with Crippen molar-refractivity contribution >= 4 is 17.6 Å². The molecule has 28 heavy (non-hydrogen) atoms. The zero-order chi connectivity index (χ0) is 19.7. The largest absolute Gasteiger partial charge is 0.363 e. The molecule has 1 aliphatic heterocycles. The predicted octanol–water partition coefficient (Wildman–Crippen LogP) is 2.27. The highest BCUT2D eigenvalue weighted by atomic mass is 16.2. The first-order valence-corrected chi connectivity index (χ1v) is 9.72. The number of carbonyl (C=O) groups excluding carboxylic acids is 2. The molecule has 3 heterocycles. The summed E-state index contributed by atoms with van der Waals surface area (Å²) < 4.78 is 0. The predicted molar refractivity (Wildman–Crippen MR) is 106 cm³/mol. The Morgan fingerprint density at radius 2 is 2.07 bits per heavy atom. The third-order valence-corrected chi connectivity index (χ3v) is 5.80. The van der Waals surface area contributed by atoms with Crippen molar-refractivity contribution in [3.63, 3.8) is 0 Å². The Morgan fingerprint density at radius 3 is 2.82 bits per heavy atom. The molecule has 7 heteroatoms. The molecule has 1 saturated heterocycles. The Bertz CT molecular complexity index is 883. The molecule has 7 nitrogen and oxygen atoms in total. The minimum absolute atomic E-state index is 0.0279. The summed E-state index contributed by atoms with van der Waals surface area (Å²) >= 11 is 0. The number of fused-ring (bicyclic) bond motifs is 1. The van der Waals surface area contributed by atoms with Crippen molar-refractivity contribution < 1.29 is 9.59 Å². The van der Waals surface area contributed by atoms with Gasteiger partial charge in [-0.15, -0.1) is 0 Å². The van der Waals surface area contributed by atoms with E-state index in [0.29, 0.717) is 18.7 Å². The highest BCUT2D eigenvalue weighted by Crippen LogP contribution is 2.31. The molecule has 0 bridgehead atoms. The van der Waals surface area contributed by atoms with Gasteiger partial charge in [-0.1, -0.05) is 6.07 Å². The molecule has 2 aromatic rings. The van der Waals surface area contributed by atoms with Crippen molar-refractivity contribution in [2.45, 2.75) is 38.3 Å². The van der Waals surface area contributed by atoms with E-state index >= 15 is 0 Å². The van der Waals surface area contributed by atoms with E-state index in [2.05, 4.69) is 21.4 Å². The zero-order valence-electron chi connectivity index (χ0n) is 16.3. The lowest BCUT2D eigenvalue weighted by atomic mass is 10.1. The van der Waals surface area contributed by atoms with E-state index in [0.717, 1.165) is 30.8 Å². The van der Waals surface area contributed by atoms with Gasteiger partial charge in [0.05, 0.1) is 17.6 Å². The molecule has 0 saturated carbocycles. The van der Waals surface area contributed by atoms with E-state index < -0.39 is 0 Å². The van der Waals surface area contributed by atoms with Crippen molar-refractivity contribution in [2.75, 3.05) is 25.5 Å². The van der Waals surface area contributed by atoms with Crippen LogP contribution >= 0.6 is 0 Å². The van der Waals surface area contributed by atoms with E-state index in [-0.39, 0.29) is 23.9 Å². The van der Waals surface area contributed by atoms with Crippen LogP contribution in [0.15, 0.2) is 36.7 Å². The first-order chi connectivity index (χ1) is 13.5. The fraction of sp³-hybridized carbons (Fsp3) is 0.429. The molecule has 1 N–H and O–H groups in total. The van der Waals surface area contributed by atoms with Crippen molar-refractivity contribution in [1.29, 1.82) is 0 Å². The van der Waals surface area contributed by atoms with E-state index in [4.69, 9.17) is 0 Å². The van der Waals surface area contributed by atoms with Gasteiger partial charge in [0.2, 0.25) is 5.91 Å². The normalized spacial score (nSPS) is 20.7. The van der Waals surface area contributed by atoms with Gasteiger partial charge in [0, 0.05) is 45.1 Å². The highest BCUT2D eigenvalue weighted by Gasteiger charge is 2.30. The molecule has 2 amide bonds. The van der Waals surface area contributed by atoms with Crippen LogP contribution in [0.25, 0.3) is 0 Å². The Labute approximate surface area is 164 Å². The number of carbonyl (C=O) groups is 2. The van der Waals surface area contributed by atoms with E-state index in [1.807, 2.05) is 24.4 Å². The van der Waals surface area contributed by atoms with E-state index in [9.17, 15) is 9.59 Å². The maximum Gasteiger partial charge on any atom is 0.255 e. The number of nitrogens with zero attached hydrogens (tertiary/aromatic N) is 4. The molecular formula is C21H25N5O2. The van der Waals surface area contributed by atoms with Gasteiger partial charge in [-0.05, 0) is 43.0 Å². The average Bonchev–Trinajstić information content (AvgIpc) is 3.35. The number of hydrogen-bond acceptors (Lipinski definition) is 5. The molecule has 2 aromatic heterocycles. The van der Waals surface area contributed by atoms with Crippen LogP contribution in [0.1, 0.15) is 47.4 Å². The molecule has 1 aliphatic carbocycles. The molecular weight excluding hydrogens is 354 g/mol. The number of aryl methyl sites for hydroxylation is 1. The molecule has 0 spiro atoms. The van der Waals surface area contributed by atoms with Gasteiger partial charge in [0.15, 0.2) is 0 Å². The molecule has 146 valence electrons. The Hall–Kier alpha value is -2.96. The monoisotopic (exact) mass is 379 g/mol. The summed E-state index contributed by atoms with van der Waals surface area (Å²) in [6.45, 7) is 2.78. The van der Waals surface area contributed by atoms with Crippen LogP contribution in [0.5, 0.6) is 0 Å². The van der Waals surface area contributed by atoms with Gasteiger partial charge in [-0.2, -0.15) is 0 Å². The van der Waals surface area contributed by atoms with Crippen LogP contribution in [0.3, 0.4) is 0 Å². The Morgan fingerprint density at radius 1 is 1.21 bits per heavy atom. The number of amides is 2. The van der Waals surface area contributed by atoms with E-state index in [1.165, 1.54) is 5.56 Å². The third-order valence-electron chi connectivity index (χ3n) is 5.80. The summed E-state index contributed by atoms with van der Waals surface area (Å²) in [5, 5.41) is 3.45. The first-order valence-electron chi connectivity index (χ1n) is 9.72. The second kappa shape index (κ2) is 7.58. The zero-order valence-corrected chi connectivity index (χ0v) is 16.3. The molecule has 0 aromatic carbocycles. The van der Waals surface area contributed by atoms with Crippen LogP contribution in [-0.4, -0.2) is 57.8 Å². The summed E-state index contributed by atoms with van der Waals surface area (Å²) in [4.78, 5) is 36.7. The summed E-state index contributed by atoms with van der Waals surface area (Å²) in [7, 11) is 1.79. The molecule has 1 unspecified atom stereocenters. The molecule has 0 radical (unpaired) electrons. The van der Waals surface area contributed by atoms with Crippen molar-refractivity contribution in [3.05, 3.63) is 53.5 Å². The van der Waals surface area contributed by atoms with Crippen LogP contribution in [0, 0.1) is 0 Å². The SMILES string of the molecule is CC(=O)N(C)[C@H]1CCN(C(=O)c2ccc(NC3CCc4ncccc43)nc2)C1. The number of nitrogens with one attached hydrogen (secondary N) is 1. The van der Waals surface area contributed by atoms with Crippen LogP contribution < -0.4 is 5.32 Å². The van der Waals surface area contributed by atoms with Crippen molar-refractivity contribution in [2.24, 2.45) is 0 Å². The molecule has 2 atom stereocenters. The van der Waals surface area contributed by atoms with E-state index in [1.54, 1.807) is 30.0 Å². The van der Waals surface area contributed by atoms with Crippen molar-refractivity contribution in [3.8, 4) is 0 Å². The summed E-state index contributed by atoms with van der Waals surface area (Å²) in [5.41, 5.74) is 2.94. The number of likely N-dealkylation sites (tertiary alicyclic amines) is 1. The average molecular weight is 379 g/mol. The van der Waals surface area contributed by atoms with Crippen molar-refractivity contribution in [1.82, 2.24) is 19.8 Å². The van der Waals surface area contributed by atoms with Gasteiger partial charge >= 0.3 is 0 Å². The highest BCUT2D eigenvalue weighted by molar-refractivity contribution is 5.94. The maximum atomic E-state index is 12.8. The minimum atomic E-state index is -0.0334. The van der Waals surface area contributed by atoms with Gasteiger partial charge in [0.1, 0.15) is 5.82 Å². The lowest BCUT2D eigenvalue weighted by molar-refractivity contribution is -0.129. The second-order valence-corrected chi connectivity index (χ2v) is 7.53. The standard InChI is InChI=1S/C21H25N5O2/c1-14(27)25(2)16-9-11-26(13-16)21(28)15-5-8-20(23-12-15)24-19-7-6-18-17(19)4-3-10-22-18/h3-5,8,10,12,16,19H,6-7,9,11,13H2,1-2H3,(H,23,24)/t16-,19?/m0/s1. The lowest BCUT2D eigenvalue weighted by Gasteiger charge is -2.23. The quantitative estimate of drug-likeness (QED) is 0.882. The van der Waals surface area contributed by atoms with Crippen LogP contribution in [-0.2, 0) is 11.2 Å². The topological polar surface area (TPSA) is 78.4 Å². The number of aromatic nitrogens is 2. The number of pyridine rings is 2. The summed E-state index contributed by atoms with van der Waals surface area (Å²) in [6.07, 6.45) is 6.23. The Balaban J connectivity index is 1.39. The second-order valence-electron chi connectivity index (χ2n) is 7.53. The van der Waals surface area contributed by atoms with Gasteiger partial charge < -0.3 is 15.1 Å². The molecule has 4 rings (SSSR count). The fourth-order valence-corrected chi connectivity index (χ4v) is 4.03. The smallest absolute Gasteiger partial charge is 0.255 e. The maximum absolute atomic E-state index is 12.8. The van der Waals surface area contributed by atoms with Gasteiger partial charge in [-0.3, -0.25) is 14.6 Å². The number of anilines is 1. The Kier molecular flexibility index (Phi) is 4.98. The third kappa shape index (κ3) is 3.56. The first kappa shape index (κ1) is 18.4. The number of hydrogen-bond donors (Lipinski definition) is 1. The van der Waals surface area contributed by atoms with Gasteiger partial charge in [0.25, 0.3) is 5.91 Å². The lowest BCUT2D eigenvalue weighted by Crippen LogP contribution is -2.38. The number of rotatable bonds is 4. The molecule has 2 aliphatic rings. The van der Waals surface area contributed by atoms with Crippen LogP contribution in [0.4, 0.5) is 5.82 Å². The molecule has 1 fully saturated rings. The summed E-state index contributed by atoms with van der Waals surface area (Å²) in [6, 6.07) is 8.04. The fourth-order valence-electron chi connectivity index (χ4n) is 4.03. The number of likely N-dealkylation sites (N-methyl/N-ethyl adjacent to an activating group) is 1. The van der Waals surface area contributed by atoms with Gasteiger partial charge in [-0.25, -0.2) is 4.98 Å².